The summed E-state index contributed by atoms with van der Waals surface area (Å²) in [5.41, 5.74) is 9.23. The monoisotopic (exact) mass is 559 g/mol. The van der Waals surface area contributed by atoms with Gasteiger partial charge in [-0.1, -0.05) is 48.5 Å². The van der Waals surface area contributed by atoms with E-state index in [1.54, 1.807) is 9.80 Å². The number of benzene rings is 2. The minimum Gasteiger partial charge on any atom is -0.481 e. The quantitative estimate of drug-likeness (QED) is 0.299. The highest BCUT2D eigenvalue weighted by atomic mass is 16.4. The van der Waals surface area contributed by atoms with E-state index in [0.717, 1.165) is 22.0 Å². The average Bonchev–Trinajstić information content (AvgIpc) is 3.73. The van der Waals surface area contributed by atoms with Crippen LogP contribution < -0.4 is 11.1 Å². The third-order valence-electron chi connectivity index (χ3n) is 8.18. The zero-order valence-corrected chi connectivity index (χ0v) is 23.0. The van der Waals surface area contributed by atoms with E-state index in [4.69, 9.17) is 5.73 Å². The summed E-state index contributed by atoms with van der Waals surface area (Å²) in [6.45, 7) is 0.860. The molecule has 5 rings (SSSR count). The third-order valence-corrected chi connectivity index (χ3v) is 8.18. The van der Waals surface area contributed by atoms with Crippen molar-refractivity contribution in [2.75, 3.05) is 13.1 Å². The topological polar surface area (TPSA) is 149 Å². The predicted molar refractivity (Wildman–Crippen MR) is 154 cm³/mol. The third kappa shape index (κ3) is 6.43. The fourth-order valence-corrected chi connectivity index (χ4v) is 6.20. The fourth-order valence-electron chi connectivity index (χ4n) is 6.20. The Morgan fingerprint density at radius 3 is 2.37 bits per heavy atom. The van der Waals surface area contributed by atoms with Gasteiger partial charge in [0.1, 0.15) is 12.1 Å². The van der Waals surface area contributed by atoms with E-state index in [2.05, 4.69) is 10.3 Å². The number of aromatic amines is 1. The maximum Gasteiger partial charge on any atom is 0.305 e. The number of H-pyrrole nitrogens is 1. The lowest BCUT2D eigenvalue weighted by molar-refractivity contribution is -0.147. The van der Waals surface area contributed by atoms with Crippen LogP contribution in [0, 0.1) is 0 Å². The number of aliphatic carboxylic acids is 1. The second-order valence-electron chi connectivity index (χ2n) is 11.0. The number of fused-ring (bicyclic) bond motifs is 1. The Morgan fingerprint density at radius 2 is 1.61 bits per heavy atom. The molecule has 0 bridgehead atoms. The van der Waals surface area contributed by atoms with Gasteiger partial charge < -0.3 is 30.9 Å². The molecule has 1 unspecified atom stereocenters. The Morgan fingerprint density at radius 1 is 0.927 bits per heavy atom. The van der Waals surface area contributed by atoms with Crippen molar-refractivity contribution in [2.24, 2.45) is 5.73 Å². The molecule has 4 atom stereocenters. The van der Waals surface area contributed by atoms with Crippen molar-refractivity contribution in [3.05, 3.63) is 71.9 Å². The minimum absolute atomic E-state index is 0.222. The summed E-state index contributed by atoms with van der Waals surface area (Å²) in [6.07, 6.45) is 4.72. The van der Waals surface area contributed by atoms with Gasteiger partial charge in [-0.2, -0.15) is 0 Å². The molecule has 0 saturated carbocycles. The van der Waals surface area contributed by atoms with Crippen molar-refractivity contribution < 1.29 is 24.3 Å². The molecular weight excluding hydrogens is 522 g/mol. The lowest BCUT2D eigenvalue weighted by atomic mass is 10.0. The van der Waals surface area contributed by atoms with Crippen LogP contribution in [0.3, 0.4) is 0 Å². The van der Waals surface area contributed by atoms with E-state index >= 15 is 0 Å². The van der Waals surface area contributed by atoms with Crippen LogP contribution in [0.15, 0.2) is 60.8 Å². The number of carbonyl (C=O) groups is 4. The standard InChI is InChI=1S/C31H37N5O5/c32-24(17-21-19-33-25-11-5-4-10-23(21)25)30(40)36-15-7-13-27(36)31(41)35-14-6-12-26(35)29(39)34-22(18-28(37)38)16-20-8-2-1-3-9-20/h1-5,8-11,19,22,24,26-27,33H,6-7,12-18,32H2,(H,34,39)(H,37,38)/t22?,24-,26-,27-/m0/s1. The Kier molecular flexibility index (Phi) is 8.68. The Bertz CT molecular complexity index is 1410. The van der Waals surface area contributed by atoms with Crippen LogP contribution in [0.2, 0.25) is 0 Å². The largest absolute Gasteiger partial charge is 0.481 e. The Balaban J connectivity index is 1.24. The van der Waals surface area contributed by atoms with E-state index in [1.165, 1.54) is 0 Å². The number of carboxylic acids is 1. The van der Waals surface area contributed by atoms with E-state index in [9.17, 15) is 24.3 Å². The second-order valence-corrected chi connectivity index (χ2v) is 11.0. The van der Waals surface area contributed by atoms with Gasteiger partial charge in [-0.15, -0.1) is 0 Å². The molecule has 2 aliphatic rings. The van der Waals surface area contributed by atoms with Gasteiger partial charge >= 0.3 is 5.97 Å². The molecule has 2 saturated heterocycles. The number of nitrogens with two attached hydrogens (primary N) is 1. The number of hydrogen-bond donors (Lipinski definition) is 4. The lowest BCUT2D eigenvalue weighted by Gasteiger charge is -2.32. The maximum absolute atomic E-state index is 13.8. The first-order chi connectivity index (χ1) is 19.8. The summed E-state index contributed by atoms with van der Waals surface area (Å²) in [7, 11) is 0. The van der Waals surface area contributed by atoms with Crippen molar-refractivity contribution in [1.82, 2.24) is 20.1 Å². The summed E-state index contributed by atoms with van der Waals surface area (Å²) in [5, 5.41) is 13.3. The van der Waals surface area contributed by atoms with Gasteiger partial charge in [0, 0.05) is 36.2 Å². The van der Waals surface area contributed by atoms with Crippen molar-refractivity contribution in [2.45, 2.75) is 69.1 Å². The van der Waals surface area contributed by atoms with Gasteiger partial charge in [0.05, 0.1) is 12.5 Å². The number of nitrogens with zero attached hydrogens (tertiary/aromatic N) is 2. The number of rotatable bonds is 10. The highest BCUT2D eigenvalue weighted by Gasteiger charge is 2.43. The van der Waals surface area contributed by atoms with Crippen LogP contribution in [0.1, 0.15) is 43.2 Å². The molecule has 216 valence electrons. The van der Waals surface area contributed by atoms with E-state index in [0.29, 0.717) is 51.6 Å². The molecule has 10 heteroatoms. The highest BCUT2D eigenvalue weighted by molar-refractivity contribution is 5.94. The number of amides is 3. The number of carboxylic acid groups (broad SMARTS) is 1. The molecule has 0 spiro atoms. The molecule has 41 heavy (non-hydrogen) atoms. The summed E-state index contributed by atoms with van der Waals surface area (Å²) < 4.78 is 0. The van der Waals surface area contributed by atoms with Gasteiger partial charge in [-0.3, -0.25) is 19.2 Å². The van der Waals surface area contributed by atoms with E-state index in [1.807, 2.05) is 60.8 Å². The molecule has 3 amide bonds. The number of para-hydroxylation sites is 1. The van der Waals surface area contributed by atoms with Crippen molar-refractivity contribution in [3.8, 4) is 0 Å². The van der Waals surface area contributed by atoms with E-state index in [-0.39, 0.29) is 24.1 Å². The molecule has 2 fully saturated rings. The summed E-state index contributed by atoms with van der Waals surface area (Å²) >= 11 is 0. The molecule has 2 aliphatic heterocycles. The first kappa shape index (κ1) is 28.4. The first-order valence-corrected chi connectivity index (χ1v) is 14.3. The second kappa shape index (κ2) is 12.6. The molecule has 0 aliphatic carbocycles. The summed E-state index contributed by atoms with van der Waals surface area (Å²) in [5.74, 6) is -1.87. The van der Waals surface area contributed by atoms with Crippen molar-refractivity contribution in [1.29, 1.82) is 0 Å². The smallest absolute Gasteiger partial charge is 0.305 e. The van der Waals surface area contributed by atoms with Crippen LogP contribution in [-0.2, 0) is 32.0 Å². The number of aromatic nitrogens is 1. The molecule has 1 aromatic heterocycles. The van der Waals surface area contributed by atoms with Gasteiger partial charge in [-0.25, -0.2) is 0 Å². The molecule has 2 aromatic carbocycles. The van der Waals surface area contributed by atoms with Gasteiger partial charge in [-0.05, 0) is 55.7 Å². The van der Waals surface area contributed by atoms with Crippen LogP contribution in [0.5, 0.6) is 0 Å². The first-order valence-electron chi connectivity index (χ1n) is 14.3. The highest BCUT2D eigenvalue weighted by Crippen LogP contribution is 2.27. The molecule has 10 nitrogen and oxygen atoms in total. The van der Waals surface area contributed by atoms with Crippen LogP contribution in [0.25, 0.3) is 10.9 Å². The van der Waals surface area contributed by atoms with Crippen LogP contribution >= 0.6 is 0 Å². The summed E-state index contributed by atoms with van der Waals surface area (Å²) in [4.78, 5) is 58.4. The van der Waals surface area contributed by atoms with Crippen LogP contribution in [-0.4, -0.2) is 80.8 Å². The van der Waals surface area contributed by atoms with Crippen LogP contribution in [0.4, 0.5) is 0 Å². The van der Waals surface area contributed by atoms with Crippen molar-refractivity contribution >= 4 is 34.6 Å². The SMILES string of the molecule is N[C@@H](Cc1c[nH]c2ccccc12)C(=O)N1CCC[C@H]1C(=O)N1CCC[C@H]1C(=O)NC(CC(=O)O)Cc1ccccc1. The Hall–Kier alpha value is -4.18. The average molecular weight is 560 g/mol. The van der Waals surface area contributed by atoms with Gasteiger partial charge in [0.15, 0.2) is 0 Å². The molecule has 0 radical (unpaired) electrons. The number of nitrogens with one attached hydrogen (secondary N) is 2. The number of hydrogen-bond acceptors (Lipinski definition) is 5. The normalized spacial score (nSPS) is 20.2. The molecule has 3 aromatic rings. The predicted octanol–water partition coefficient (Wildman–Crippen LogP) is 2.22. The fraction of sp³-hybridized carbons (Fsp3) is 0.419. The molecule has 3 heterocycles. The van der Waals surface area contributed by atoms with Gasteiger partial charge in [0.25, 0.3) is 0 Å². The van der Waals surface area contributed by atoms with E-state index < -0.39 is 30.1 Å². The Labute approximate surface area is 238 Å². The maximum atomic E-state index is 13.8. The lowest BCUT2D eigenvalue weighted by Crippen LogP contribution is -2.56. The minimum atomic E-state index is -1.00. The zero-order valence-electron chi connectivity index (χ0n) is 23.0. The molecular formula is C31H37N5O5. The summed E-state index contributed by atoms with van der Waals surface area (Å²) in [6, 6.07) is 14.5. The molecule has 5 N–H and O–H groups in total. The van der Waals surface area contributed by atoms with Crippen molar-refractivity contribution in [3.63, 3.8) is 0 Å². The number of likely N-dealkylation sites (tertiary alicyclic amines) is 2. The zero-order chi connectivity index (χ0) is 28.9. The van der Waals surface area contributed by atoms with Gasteiger partial charge in [0.2, 0.25) is 17.7 Å². The number of carbonyl (C=O) groups excluding carboxylic acids is 3.